The Morgan fingerprint density at radius 2 is 2.08 bits per heavy atom. The number of nitrogens with two attached hydrogens (primary N) is 1. The fourth-order valence-electron chi connectivity index (χ4n) is 2.38. The minimum atomic E-state index is -5.74. The predicted octanol–water partition coefficient (Wildman–Crippen LogP) is 4.56. The van der Waals surface area contributed by atoms with Crippen molar-refractivity contribution in [1.29, 1.82) is 0 Å². The smallest absolute Gasteiger partial charge is 0.400 e. The number of carbonyl (C=O) groups excluding carboxylic acids is 1. The molecule has 1 aromatic heterocycles. The monoisotopic (exact) mass is 471 g/mol. The standard InChI is InChI=1S/C15H17BrF2NO5PS/c1-3-4-7(2)24-10-6-8(14(19)20)5-9-11(16)13(26-12(9)10)15(17,18)25(21,22)23/h5-7H,3-4H2,1-2H3,(H2,19,20)(H2,21,22,23). The van der Waals surface area contributed by atoms with E-state index < -0.39 is 24.0 Å². The van der Waals surface area contributed by atoms with Crippen LogP contribution in [0.15, 0.2) is 16.6 Å². The topological polar surface area (TPSA) is 110 Å². The SMILES string of the molecule is CCCC(C)Oc1cc(C(N)=O)cc2c(Br)c(C(F)(F)P(=O)(O)O)sc12. The number of hydrogen-bond donors (Lipinski definition) is 3. The summed E-state index contributed by atoms with van der Waals surface area (Å²) in [5, 5.41) is 0.174. The van der Waals surface area contributed by atoms with Gasteiger partial charge >= 0.3 is 13.3 Å². The summed E-state index contributed by atoms with van der Waals surface area (Å²) < 4.78 is 45.5. The highest BCUT2D eigenvalue weighted by Crippen LogP contribution is 2.63. The number of rotatable bonds is 7. The van der Waals surface area contributed by atoms with Crippen molar-refractivity contribution < 1.29 is 32.7 Å². The van der Waals surface area contributed by atoms with Crippen LogP contribution in [0.2, 0.25) is 0 Å². The van der Waals surface area contributed by atoms with Crippen molar-refractivity contribution in [2.75, 3.05) is 0 Å². The van der Waals surface area contributed by atoms with E-state index in [1.807, 2.05) is 6.92 Å². The van der Waals surface area contributed by atoms with Crippen LogP contribution < -0.4 is 10.5 Å². The first-order valence-electron chi connectivity index (χ1n) is 7.56. The van der Waals surface area contributed by atoms with Crippen molar-refractivity contribution in [2.45, 2.75) is 38.5 Å². The van der Waals surface area contributed by atoms with Crippen LogP contribution in [0.4, 0.5) is 8.78 Å². The van der Waals surface area contributed by atoms with Crippen molar-refractivity contribution in [3.63, 3.8) is 0 Å². The van der Waals surface area contributed by atoms with Crippen molar-refractivity contribution in [1.82, 2.24) is 0 Å². The average Bonchev–Trinajstić information content (AvgIpc) is 2.84. The van der Waals surface area contributed by atoms with Gasteiger partial charge in [0.25, 0.3) is 0 Å². The molecule has 1 heterocycles. The Morgan fingerprint density at radius 3 is 2.58 bits per heavy atom. The number of amides is 1. The highest BCUT2D eigenvalue weighted by molar-refractivity contribution is 9.10. The molecule has 1 amide bonds. The molecule has 1 unspecified atom stereocenters. The molecule has 0 saturated heterocycles. The normalized spacial score (nSPS) is 13.8. The third kappa shape index (κ3) is 3.94. The average molecular weight is 472 g/mol. The minimum Gasteiger partial charge on any atom is -0.489 e. The molecule has 4 N–H and O–H groups in total. The molecule has 0 bridgehead atoms. The molecule has 6 nitrogen and oxygen atoms in total. The number of ether oxygens (including phenoxy) is 1. The molecule has 0 saturated carbocycles. The summed E-state index contributed by atoms with van der Waals surface area (Å²) in [6.07, 6.45) is 1.27. The number of thiophene rings is 1. The number of hydrogen-bond acceptors (Lipinski definition) is 4. The van der Waals surface area contributed by atoms with E-state index in [-0.39, 0.29) is 32.0 Å². The molecule has 2 aromatic rings. The van der Waals surface area contributed by atoms with Crippen LogP contribution in [0.3, 0.4) is 0 Å². The zero-order chi connectivity index (χ0) is 19.9. The second-order valence-corrected chi connectivity index (χ2v) is 9.23. The zero-order valence-electron chi connectivity index (χ0n) is 13.8. The van der Waals surface area contributed by atoms with Gasteiger partial charge in [0.2, 0.25) is 5.91 Å². The molecule has 1 aromatic carbocycles. The minimum absolute atomic E-state index is 0.0424. The molecule has 0 spiro atoms. The highest BCUT2D eigenvalue weighted by atomic mass is 79.9. The lowest BCUT2D eigenvalue weighted by Gasteiger charge is -2.16. The van der Waals surface area contributed by atoms with Crippen molar-refractivity contribution >= 4 is 50.9 Å². The lowest BCUT2D eigenvalue weighted by atomic mass is 10.1. The van der Waals surface area contributed by atoms with E-state index in [0.29, 0.717) is 17.8 Å². The van der Waals surface area contributed by atoms with Gasteiger partial charge in [-0.25, -0.2) is 0 Å². The third-order valence-electron chi connectivity index (χ3n) is 3.64. The van der Waals surface area contributed by atoms with Gasteiger partial charge in [0, 0.05) is 15.4 Å². The van der Waals surface area contributed by atoms with Gasteiger partial charge in [0.05, 0.1) is 10.8 Å². The largest absolute Gasteiger partial charge is 0.489 e. The summed E-state index contributed by atoms with van der Waals surface area (Å²) in [5.74, 6) is -0.614. The van der Waals surface area contributed by atoms with Gasteiger partial charge in [-0.05, 0) is 41.4 Å². The molecule has 11 heteroatoms. The Bertz CT molecular complexity index is 898. The summed E-state index contributed by atoms with van der Waals surface area (Å²) in [7, 11) is -5.74. The Balaban J connectivity index is 2.73. The van der Waals surface area contributed by atoms with Crippen LogP contribution in [0.25, 0.3) is 10.1 Å². The summed E-state index contributed by atoms with van der Waals surface area (Å²) in [5.41, 5.74) is 0.958. The van der Waals surface area contributed by atoms with Crippen LogP contribution >= 0.6 is 34.9 Å². The van der Waals surface area contributed by atoms with E-state index in [4.69, 9.17) is 20.3 Å². The van der Waals surface area contributed by atoms with E-state index in [9.17, 15) is 18.1 Å². The second-order valence-electron chi connectivity index (χ2n) is 5.76. The summed E-state index contributed by atoms with van der Waals surface area (Å²) >= 11 is 3.47. The first-order chi connectivity index (χ1) is 11.9. The summed E-state index contributed by atoms with van der Waals surface area (Å²) in [4.78, 5) is 28.8. The molecule has 1 atom stereocenters. The lowest BCUT2D eigenvalue weighted by molar-refractivity contribution is 0.0595. The van der Waals surface area contributed by atoms with E-state index in [0.717, 1.165) is 6.42 Å². The summed E-state index contributed by atoms with van der Waals surface area (Å²) in [6, 6.07) is 2.63. The Labute approximate surface area is 160 Å². The molecular formula is C15H17BrF2NO5PS. The van der Waals surface area contributed by atoms with Crippen molar-refractivity contribution in [3.8, 4) is 5.75 Å². The Morgan fingerprint density at radius 1 is 1.46 bits per heavy atom. The lowest BCUT2D eigenvalue weighted by Crippen LogP contribution is -2.14. The Hall–Kier alpha value is -1.06. The maximum Gasteiger partial charge on any atom is 0.400 e. The van der Waals surface area contributed by atoms with Gasteiger partial charge in [0.15, 0.2) is 0 Å². The number of primary amides is 1. The van der Waals surface area contributed by atoms with Gasteiger partial charge in [0.1, 0.15) is 10.6 Å². The zero-order valence-corrected chi connectivity index (χ0v) is 17.1. The van der Waals surface area contributed by atoms with Crippen LogP contribution in [0.5, 0.6) is 5.75 Å². The van der Waals surface area contributed by atoms with Crippen molar-refractivity contribution in [2.24, 2.45) is 5.73 Å². The first-order valence-corrected chi connectivity index (χ1v) is 10.8. The van der Waals surface area contributed by atoms with Crippen molar-refractivity contribution in [3.05, 3.63) is 27.0 Å². The van der Waals surface area contributed by atoms with Crippen LogP contribution in [-0.2, 0) is 10.2 Å². The van der Waals surface area contributed by atoms with E-state index in [2.05, 4.69) is 15.9 Å². The van der Waals surface area contributed by atoms with Crippen LogP contribution in [-0.4, -0.2) is 21.8 Å². The molecule has 0 fully saturated rings. The molecule has 2 rings (SSSR count). The van der Waals surface area contributed by atoms with Crippen LogP contribution in [0.1, 0.15) is 41.9 Å². The van der Waals surface area contributed by atoms with Crippen LogP contribution in [0, 0.1) is 0 Å². The second kappa shape index (κ2) is 7.52. The predicted molar refractivity (Wildman–Crippen MR) is 99.0 cm³/mol. The molecule has 144 valence electrons. The number of alkyl halides is 2. The highest BCUT2D eigenvalue weighted by Gasteiger charge is 2.53. The van der Waals surface area contributed by atoms with E-state index in [1.165, 1.54) is 12.1 Å². The van der Waals surface area contributed by atoms with Gasteiger partial charge in [-0.15, -0.1) is 11.3 Å². The van der Waals surface area contributed by atoms with E-state index >= 15 is 0 Å². The molecular weight excluding hydrogens is 455 g/mol. The fraction of sp³-hybridized carbons (Fsp3) is 0.400. The number of halogens is 3. The fourth-order valence-corrected chi connectivity index (χ4v) is 5.34. The van der Waals surface area contributed by atoms with Gasteiger partial charge in [-0.3, -0.25) is 9.36 Å². The quantitative estimate of drug-likeness (QED) is 0.512. The molecule has 0 aliphatic rings. The maximum atomic E-state index is 14.2. The van der Waals surface area contributed by atoms with Gasteiger partial charge in [-0.1, -0.05) is 13.3 Å². The van der Waals surface area contributed by atoms with Gasteiger partial charge in [-0.2, -0.15) is 8.78 Å². The van der Waals surface area contributed by atoms with E-state index in [1.54, 1.807) is 6.92 Å². The molecule has 0 aliphatic carbocycles. The number of fused-ring (bicyclic) bond motifs is 1. The first kappa shape index (κ1) is 21.2. The van der Waals surface area contributed by atoms with Gasteiger partial charge < -0.3 is 20.3 Å². The Kier molecular flexibility index (Phi) is 6.14. The number of benzene rings is 1. The molecule has 26 heavy (non-hydrogen) atoms. The maximum absolute atomic E-state index is 14.2. The summed E-state index contributed by atoms with van der Waals surface area (Å²) in [6.45, 7) is 3.75. The molecule has 0 aliphatic heterocycles. The third-order valence-corrected chi connectivity index (χ3v) is 7.12. The number of carbonyl (C=O) groups is 1. The molecule has 0 radical (unpaired) electrons.